The maximum Gasteiger partial charge on any atom is 0.231 e. The summed E-state index contributed by atoms with van der Waals surface area (Å²) in [5.74, 6) is -0.0668. The van der Waals surface area contributed by atoms with Gasteiger partial charge in [-0.25, -0.2) is 0 Å². The number of nitrogens with one attached hydrogen (secondary N) is 1. The van der Waals surface area contributed by atoms with Crippen molar-refractivity contribution in [1.29, 1.82) is 0 Å². The molecule has 1 saturated heterocycles. The van der Waals surface area contributed by atoms with E-state index in [1.165, 1.54) is 16.9 Å². The highest BCUT2D eigenvalue weighted by molar-refractivity contribution is 7.15. The molecule has 3 rings (SSSR count). The molecule has 26 heavy (non-hydrogen) atoms. The van der Waals surface area contributed by atoms with Gasteiger partial charge in [0.05, 0.1) is 5.92 Å². The zero-order chi connectivity index (χ0) is 18.7. The Kier molecular flexibility index (Phi) is 5.66. The van der Waals surface area contributed by atoms with E-state index in [0.29, 0.717) is 17.6 Å². The van der Waals surface area contributed by atoms with Crippen LogP contribution >= 0.6 is 11.3 Å². The molecule has 1 atom stereocenters. The van der Waals surface area contributed by atoms with Crippen LogP contribution in [0.4, 0.5) is 10.8 Å². The molecule has 2 heterocycles. The predicted molar refractivity (Wildman–Crippen MR) is 103 cm³/mol. The van der Waals surface area contributed by atoms with Gasteiger partial charge in [0, 0.05) is 25.1 Å². The van der Waals surface area contributed by atoms with Crippen molar-refractivity contribution in [2.24, 2.45) is 11.8 Å². The first-order valence-corrected chi connectivity index (χ1v) is 9.80. The largest absolute Gasteiger partial charge is 0.312 e. The lowest BCUT2D eigenvalue weighted by Gasteiger charge is -2.17. The van der Waals surface area contributed by atoms with Crippen LogP contribution < -0.4 is 10.2 Å². The molecule has 1 aromatic heterocycles. The van der Waals surface area contributed by atoms with Gasteiger partial charge < -0.3 is 10.2 Å². The third-order valence-electron chi connectivity index (χ3n) is 4.43. The van der Waals surface area contributed by atoms with Crippen LogP contribution in [0, 0.1) is 11.8 Å². The second kappa shape index (κ2) is 7.95. The Balaban J connectivity index is 1.62. The number of carbonyl (C=O) groups excluding carboxylic acids is 2. The van der Waals surface area contributed by atoms with Crippen LogP contribution in [0.15, 0.2) is 24.3 Å². The minimum absolute atomic E-state index is 0.0211. The summed E-state index contributed by atoms with van der Waals surface area (Å²) >= 11 is 1.40. The van der Waals surface area contributed by atoms with Gasteiger partial charge in [-0.15, -0.1) is 10.2 Å². The standard InChI is InChI=1S/C19H24N4O2S/c1-4-13-5-7-15(8-6-13)23-11-14(10-17(23)24)18(25)20-19-22-21-16(26-19)9-12(2)3/h5-8,12,14H,4,9-11H2,1-3H3,(H,20,22,25)/t14-/m1/s1. The lowest BCUT2D eigenvalue weighted by Crippen LogP contribution is -2.28. The summed E-state index contributed by atoms with van der Waals surface area (Å²) in [6, 6.07) is 7.93. The molecule has 0 bridgehead atoms. The van der Waals surface area contributed by atoms with Gasteiger partial charge in [-0.1, -0.05) is 44.2 Å². The topological polar surface area (TPSA) is 75.2 Å². The van der Waals surface area contributed by atoms with E-state index in [9.17, 15) is 9.59 Å². The molecule has 2 aromatic rings. The van der Waals surface area contributed by atoms with Gasteiger partial charge in [0.25, 0.3) is 0 Å². The summed E-state index contributed by atoms with van der Waals surface area (Å²) in [6.45, 7) is 6.72. The molecule has 0 unspecified atom stereocenters. The van der Waals surface area contributed by atoms with Crippen LogP contribution in [-0.2, 0) is 22.4 Å². The average Bonchev–Trinajstić information content (AvgIpc) is 3.21. The van der Waals surface area contributed by atoms with Crippen LogP contribution in [0.5, 0.6) is 0 Å². The molecule has 0 radical (unpaired) electrons. The van der Waals surface area contributed by atoms with E-state index >= 15 is 0 Å². The molecule has 1 N–H and O–H groups in total. The number of aromatic nitrogens is 2. The Morgan fingerprint density at radius 1 is 1.31 bits per heavy atom. The zero-order valence-corrected chi connectivity index (χ0v) is 16.2. The van der Waals surface area contributed by atoms with Gasteiger partial charge >= 0.3 is 0 Å². The van der Waals surface area contributed by atoms with E-state index in [-0.39, 0.29) is 24.2 Å². The van der Waals surface area contributed by atoms with Crippen molar-refractivity contribution in [1.82, 2.24) is 10.2 Å². The summed E-state index contributed by atoms with van der Waals surface area (Å²) in [4.78, 5) is 26.5. The van der Waals surface area contributed by atoms with E-state index in [0.717, 1.165) is 23.5 Å². The normalized spacial score (nSPS) is 17.2. The second-order valence-corrected chi connectivity index (χ2v) is 8.08. The Bertz CT molecular complexity index is 785. The van der Waals surface area contributed by atoms with Crippen molar-refractivity contribution in [2.45, 2.75) is 40.0 Å². The smallest absolute Gasteiger partial charge is 0.231 e. The minimum Gasteiger partial charge on any atom is -0.312 e. The van der Waals surface area contributed by atoms with Gasteiger partial charge in [-0.2, -0.15) is 0 Å². The first-order chi connectivity index (χ1) is 12.5. The second-order valence-electron chi connectivity index (χ2n) is 7.01. The molecule has 1 fully saturated rings. The van der Waals surface area contributed by atoms with Crippen molar-refractivity contribution >= 4 is 34.0 Å². The minimum atomic E-state index is -0.370. The molecular weight excluding hydrogens is 348 g/mol. The maximum absolute atomic E-state index is 12.5. The number of carbonyl (C=O) groups is 2. The number of amides is 2. The highest BCUT2D eigenvalue weighted by Crippen LogP contribution is 2.27. The van der Waals surface area contributed by atoms with E-state index < -0.39 is 0 Å². The number of nitrogens with zero attached hydrogens (tertiary/aromatic N) is 3. The summed E-state index contributed by atoms with van der Waals surface area (Å²) in [5.41, 5.74) is 2.07. The highest BCUT2D eigenvalue weighted by Gasteiger charge is 2.35. The van der Waals surface area contributed by atoms with E-state index in [4.69, 9.17) is 0 Å². The van der Waals surface area contributed by atoms with Crippen LogP contribution in [0.3, 0.4) is 0 Å². The lowest BCUT2D eigenvalue weighted by molar-refractivity contribution is -0.122. The van der Waals surface area contributed by atoms with Crippen LogP contribution in [0.2, 0.25) is 0 Å². The van der Waals surface area contributed by atoms with Crippen LogP contribution in [0.25, 0.3) is 0 Å². The molecule has 0 aliphatic carbocycles. The molecule has 7 heteroatoms. The molecule has 1 aromatic carbocycles. The number of aryl methyl sites for hydroxylation is 1. The van der Waals surface area contributed by atoms with Gasteiger partial charge in [-0.3, -0.25) is 9.59 Å². The third-order valence-corrected chi connectivity index (χ3v) is 5.29. The number of benzene rings is 1. The maximum atomic E-state index is 12.5. The van der Waals surface area contributed by atoms with Crippen molar-refractivity contribution in [3.05, 3.63) is 34.8 Å². The van der Waals surface area contributed by atoms with E-state index in [1.807, 2.05) is 24.3 Å². The summed E-state index contributed by atoms with van der Waals surface area (Å²) < 4.78 is 0. The van der Waals surface area contributed by atoms with Gasteiger partial charge in [0.2, 0.25) is 16.9 Å². The first-order valence-electron chi connectivity index (χ1n) is 8.98. The van der Waals surface area contributed by atoms with Crippen molar-refractivity contribution < 1.29 is 9.59 Å². The molecule has 1 aliphatic rings. The number of rotatable bonds is 6. The first kappa shape index (κ1) is 18.5. The van der Waals surface area contributed by atoms with Crippen molar-refractivity contribution in [3.8, 4) is 0 Å². The Labute approximate surface area is 157 Å². The highest BCUT2D eigenvalue weighted by atomic mass is 32.1. The molecule has 0 spiro atoms. The average molecular weight is 372 g/mol. The monoisotopic (exact) mass is 372 g/mol. The summed E-state index contributed by atoms with van der Waals surface area (Å²) in [5, 5.41) is 12.4. The fraction of sp³-hybridized carbons (Fsp3) is 0.474. The summed E-state index contributed by atoms with van der Waals surface area (Å²) in [7, 11) is 0. The van der Waals surface area contributed by atoms with E-state index in [2.05, 4.69) is 36.3 Å². The Hall–Kier alpha value is -2.28. The molecule has 6 nitrogen and oxygen atoms in total. The summed E-state index contributed by atoms with van der Waals surface area (Å²) in [6.07, 6.45) is 2.02. The molecule has 138 valence electrons. The number of hydrogen-bond donors (Lipinski definition) is 1. The molecule has 0 saturated carbocycles. The predicted octanol–water partition coefficient (Wildman–Crippen LogP) is 3.29. The van der Waals surface area contributed by atoms with Gasteiger partial charge in [0.15, 0.2) is 0 Å². The Morgan fingerprint density at radius 2 is 2.04 bits per heavy atom. The van der Waals surface area contributed by atoms with E-state index in [1.54, 1.807) is 4.90 Å². The van der Waals surface area contributed by atoms with Crippen LogP contribution in [-0.4, -0.2) is 28.6 Å². The quantitative estimate of drug-likeness (QED) is 0.844. The van der Waals surface area contributed by atoms with Crippen molar-refractivity contribution in [3.63, 3.8) is 0 Å². The fourth-order valence-electron chi connectivity index (χ4n) is 2.99. The fourth-order valence-corrected chi connectivity index (χ4v) is 3.94. The van der Waals surface area contributed by atoms with Crippen molar-refractivity contribution in [2.75, 3.05) is 16.8 Å². The van der Waals surface area contributed by atoms with Gasteiger partial charge in [0.1, 0.15) is 5.01 Å². The molecular formula is C19H24N4O2S. The number of anilines is 2. The zero-order valence-electron chi connectivity index (χ0n) is 15.4. The SMILES string of the molecule is CCc1ccc(N2C[C@H](C(=O)Nc3nnc(CC(C)C)s3)CC2=O)cc1. The third kappa shape index (κ3) is 4.27. The lowest BCUT2D eigenvalue weighted by atomic mass is 10.1. The van der Waals surface area contributed by atoms with Crippen LogP contribution in [0.1, 0.15) is 37.8 Å². The number of hydrogen-bond acceptors (Lipinski definition) is 5. The Morgan fingerprint density at radius 3 is 2.69 bits per heavy atom. The molecule has 1 aliphatic heterocycles. The van der Waals surface area contributed by atoms with Gasteiger partial charge in [-0.05, 0) is 30.0 Å². The molecule has 2 amide bonds.